The van der Waals surface area contributed by atoms with E-state index in [2.05, 4.69) is 10.1 Å². The summed E-state index contributed by atoms with van der Waals surface area (Å²) in [6.45, 7) is 0. The van der Waals surface area contributed by atoms with E-state index in [4.69, 9.17) is 9.83 Å². The average molecular weight is 314 g/mol. The Morgan fingerprint density at radius 1 is 1.43 bits per heavy atom. The number of nitrogens with one attached hydrogen (secondary N) is 1. The van der Waals surface area contributed by atoms with Gasteiger partial charge in [-0.15, -0.1) is 0 Å². The molecular formula is C11H5F3N4O2S. The van der Waals surface area contributed by atoms with Crippen LogP contribution in [0.3, 0.4) is 0 Å². The van der Waals surface area contributed by atoms with Gasteiger partial charge in [-0.1, -0.05) is 0 Å². The first-order chi connectivity index (χ1) is 9.86. The molecule has 0 fully saturated rings. The molecule has 0 unspecified atom stereocenters. The zero-order valence-corrected chi connectivity index (χ0v) is 10.8. The normalized spacial score (nSPS) is 20.7. The van der Waals surface area contributed by atoms with Crippen LogP contribution >= 0.6 is 11.8 Å². The molecule has 3 rings (SSSR count). The van der Waals surface area contributed by atoms with Gasteiger partial charge in [0.05, 0.1) is 11.8 Å². The molecule has 3 heterocycles. The number of carbonyl (C=O) groups is 1. The second-order valence-corrected chi connectivity index (χ2v) is 4.89. The quantitative estimate of drug-likeness (QED) is 0.807. The Labute approximate surface area is 119 Å². The Morgan fingerprint density at radius 2 is 2.19 bits per heavy atom. The van der Waals surface area contributed by atoms with Gasteiger partial charge in [0.25, 0.3) is 5.91 Å². The van der Waals surface area contributed by atoms with Crippen LogP contribution in [0.1, 0.15) is 5.76 Å². The number of halogens is 3. The molecule has 0 aromatic carbocycles. The number of rotatable bonds is 1. The molecule has 0 saturated carbocycles. The van der Waals surface area contributed by atoms with Crippen molar-refractivity contribution in [2.45, 2.75) is 6.18 Å². The highest BCUT2D eigenvalue weighted by molar-refractivity contribution is 8.27. The summed E-state index contributed by atoms with van der Waals surface area (Å²) in [5.41, 5.74) is -0.193. The van der Waals surface area contributed by atoms with Crippen molar-refractivity contribution in [1.29, 1.82) is 5.41 Å². The largest absolute Gasteiger partial charge is 0.465 e. The van der Waals surface area contributed by atoms with Gasteiger partial charge in [0.1, 0.15) is 5.76 Å². The van der Waals surface area contributed by atoms with Gasteiger partial charge < -0.3 is 4.42 Å². The fourth-order valence-corrected chi connectivity index (χ4v) is 2.38. The Hall–Kier alpha value is -2.36. The summed E-state index contributed by atoms with van der Waals surface area (Å²) in [4.78, 5) is 15.3. The third-order valence-corrected chi connectivity index (χ3v) is 3.48. The Morgan fingerprint density at radius 3 is 2.81 bits per heavy atom. The van der Waals surface area contributed by atoms with Crippen molar-refractivity contribution in [2.75, 3.05) is 0 Å². The number of thioether (sulfide) groups is 1. The number of carbonyl (C=O) groups excluding carboxylic acids is 1. The van der Waals surface area contributed by atoms with Crippen molar-refractivity contribution in [2.24, 2.45) is 10.1 Å². The van der Waals surface area contributed by atoms with E-state index in [-0.39, 0.29) is 28.3 Å². The van der Waals surface area contributed by atoms with Gasteiger partial charge in [0.15, 0.2) is 5.84 Å². The Bertz CT molecular complexity index is 718. The van der Waals surface area contributed by atoms with E-state index in [1.54, 1.807) is 6.07 Å². The lowest BCUT2D eigenvalue weighted by Crippen LogP contribution is -2.35. The van der Waals surface area contributed by atoms with Gasteiger partial charge in [-0.05, 0) is 30.0 Å². The molecule has 0 saturated heterocycles. The van der Waals surface area contributed by atoms with Crippen molar-refractivity contribution in [3.8, 4) is 0 Å². The number of hydrazone groups is 1. The van der Waals surface area contributed by atoms with Crippen LogP contribution in [0.2, 0.25) is 0 Å². The first-order valence-corrected chi connectivity index (χ1v) is 6.29. The van der Waals surface area contributed by atoms with Crippen molar-refractivity contribution in [1.82, 2.24) is 5.01 Å². The molecule has 1 aromatic heterocycles. The second-order valence-electron chi connectivity index (χ2n) is 3.94. The van der Waals surface area contributed by atoms with Crippen LogP contribution in [0.25, 0.3) is 6.08 Å². The van der Waals surface area contributed by atoms with Gasteiger partial charge in [0.2, 0.25) is 10.2 Å². The maximum atomic E-state index is 12.6. The molecule has 1 amide bonds. The lowest BCUT2D eigenvalue weighted by Gasteiger charge is -2.19. The summed E-state index contributed by atoms with van der Waals surface area (Å²) in [5.74, 6) is -1.00. The lowest BCUT2D eigenvalue weighted by molar-refractivity contribution is -0.114. The van der Waals surface area contributed by atoms with E-state index in [0.29, 0.717) is 5.01 Å². The van der Waals surface area contributed by atoms with E-state index in [9.17, 15) is 18.0 Å². The first kappa shape index (κ1) is 13.6. The molecular weight excluding hydrogens is 309 g/mol. The topological polar surface area (TPSA) is 82.0 Å². The number of amidine groups is 2. The van der Waals surface area contributed by atoms with Crippen molar-refractivity contribution < 1.29 is 22.4 Å². The fraction of sp³-hybridized carbons (Fsp3) is 0.0909. The van der Waals surface area contributed by atoms with E-state index >= 15 is 0 Å². The second kappa shape index (κ2) is 4.58. The molecule has 108 valence electrons. The van der Waals surface area contributed by atoms with Crippen LogP contribution in [0, 0.1) is 5.41 Å². The predicted octanol–water partition coefficient (Wildman–Crippen LogP) is 2.46. The summed E-state index contributed by atoms with van der Waals surface area (Å²) in [7, 11) is 0. The highest BCUT2D eigenvalue weighted by atomic mass is 32.2. The van der Waals surface area contributed by atoms with E-state index < -0.39 is 23.0 Å². The minimum Gasteiger partial charge on any atom is -0.465 e. The summed E-state index contributed by atoms with van der Waals surface area (Å²) in [6, 6.07) is 3.11. The van der Waals surface area contributed by atoms with Crippen LogP contribution in [0.5, 0.6) is 0 Å². The summed E-state index contributed by atoms with van der Waals surface area (Å²) in [6.07, 6.45) is -2.06. The number of alkyl halides is 3. The fourth-order valence-electron chi connectivity index (χ4n) is 1.62. The lowest BCUT2D eigenvalue weighted by atomic mass is 10.1. The zero-order chi connectivity index (χ0) is 15.2. The third-order valence-electron chi connectivity index (χ3n) is 2.53. The average Bonchev–Trinajstić information content (AvgIpc) is 3.02. The molecule has 2 aliphatic heterocycles. The van der Waals surface area contributed by atoms with Gasteiger partial charge in [-0.25, -0.2) is 0 Å². The number of hydrogen-bond acceptors (Lipinski definition) is 5. The predicted molar refractivity (Wildman–Crippen MR) is 69.8 cm³/mol. The Balaban J connectivity index is 1.99. The standard InChI is InChI=1S/C11H5F3N4O2S/c12-11(13,14)9-17-18-7(15)6(4-5-2-1-3-20-5)8(19)16-10(18)21-9/h1-4,15H. The van der Waals surface area contributed by atoms with Crippen molar-refractivity contribution in [3.05, 3.63) is 29.7 Å². The van der Waals surface area contributed by atoms with Gasteiger partial charge in [-0.3, -0.25) is 10.2 Å². The van der Waals surface area contributed by atoms with Crippen LogP contribution in [0.4, 0.5) is 13.2 Å². The monoisotopic (exact) mass is 314 g/mol. The SMILES string of the molecule is N=C1C(=Cc2ccco2)C(=O)N=C2SC(C(F)(F)F)=NN12. The molecule has 0 radical (unpaired) electrons. The molecule has 2 aliphatic rings. The molecule has 0 atom stereocenters. The highest BCUT2D eigenvalue weighted by Crippen LogP contribution is 2.35. The number of fused-ring (bicyclic) bond motifs is 1. The van der Waals surface area contributed by atoms with E-state index in [1.165, 1.54) is 18.4 Å². The summed E-state index contributed by atoms with van der Waals surface area (Å²) in [5, 5.41) is 10.3. The number of furan rings is 1. The van der Waals surface area contributed by atoms with Gasteiger partial charge in [-0.2, -0.15) is 28.3 Å². The summed E-state index contributed by atoms with van der Waals surface area (Å²) >= 11 is 0.208. The molecule has 0 bridgehead atoms. The van der Waals surface area contributed by atoms with Crippen LogP contribution < -0.4 is 0 Å². The molecule has 1 aromatic rings. The number of aliphatic imine (C=N–C) groups is 1. The maximum absolute atomic E-state index is 12.6. The number of nitrogens with zero attached hydrogens (tertiary/aromatic N) is 3. The van der Waals surface area contributed by atoms with E-state index in [1.807, 2.05) is 0 Å². The van der Waals surface area contributed by atoms with Crippen LogP contribution in [-0.4, -0.2) is 33.1 Å². The molecule has 0 spiro atoms. The maximum Gasteiger partial charge on any atom is 0.441 e. The van der Waals surface area contributed by atoms with E-state index in [0.717, 1.165) is 0 Å². The van der Waals surface area contributed by atoms with Crippen LogP contribution in [-0.2, 0) is 4.79 Å². The minimum absolute atomic E-state index is 0.193. The number of amides is 1. The molecule has 1 N–H and O–H groups in total. The summed E-state index contributed by atoms with van der Waals surface area (Å²) < 4.78 is 42.8. The smallest absolute Gasteiger partial charge is 0.441 e. The van der Waals surface area contributed by atoms with Crippen molar-refractivity contribution in [3.63, 3.8) is 0 Å². The molecule has 10 heteroatoms. The van der Waals surface area contributed by atoms with Gasteiger partial charge >= 0.3 is 6.18 Å². The first-order valence-electron chi connectivity index (χ1n) is 5.47. The molecule has 21 heavy (non-hydrogen) atoms. The molecule has 0 aliphatic carbocycles. The minimum atomic E-state index is -4.65. The van der Waals surface area contributed by atoms with Gasteiger partial charge in [0, 0.05) is 0 Å². The Kier molecular flexibility index (Phi) is 2.97. The molecule has 6 nitrogen and oxygen atoms in total. The zero-order valence-electron chi connectivity index (χ0n) is 10.0. The highest BCUT2D eigenvalue weighted by Gasteiger charge is 2.46. The third kappa shape index (κ3) is 2.37. The van der Waals surface area contributed by atoms with Crippen LogP contribution in [0.15, 0.2) is 38.5 Å². The van der Waals surface area contributed by atoms with Crippen molar-refractivity contribution >= 4 is 39.8 Å². The number of hydrogen-bond donors (Lipinski definition) is 1.